The van der Waals surface area contributed by atoms with Gasteiger partial charge in [0.15, 0.2) is 0 Å². The lowest BCUT2D eigenvalue weighted by Crippen LogP contribution is -1.91. The molecule has 0 radical (unpaired) electrons. The maximum atomic E-state index is 10.6. The van der Waals surface area contributed by atoms with Crippen LogP contribution in [-0.4, -0.2) is 15.8 Å². The number of ketones is 1. The van der Waals surface area contributed by atoms with Crippen LogP contribution in [0.25, 0.3) is 41.6 Å². The number of hydrogen-bond acceptors (Lipinski definition) is 5. The summed E-state index contributed by atoms with van der Waals surface area (Å²) in [5.41, 5.74) is 9.96. The van der Waals surface area contributed by atoms with E-state index in [1.807, 2.05) is 38.1 Å². The summed E-state index contributed by atoms with van der Waals surface area (Å²) in [7, 11) is 0. The van der Waals surface area contributed by atoms with Crippen LogP contribution in [0, 0.1) is 6.92 Å². The van der Waals surface area contributed by atoms with Crippen LogP contribution in [0.2, 0.25) is 0 Å². The van der Waals surface area contributed by atoms with Gasteiger partial charge in [-0.25, -0.2) is 9.97 Å². The lowest BCUT2D eigenvalue weighted by Gasteiger charge is -2.05. The first-order chi connectivity index (χ1) is 24.3. The fourth-order valence-electron chi connectivity index (χ4n) is 5.23. The molecule has 0 saturated carbocycles. The molecule has 7 rings (SSSR count). The maximum Gasteiger partial charge on any atom is 0.129 e. The summed E-state index contributed by atoms with van der Waals surface area (Å²) in [4.78, 5) is 20.0. The number of Topliss-reactive ketones (excluding diaryl/α,β-unsaturated/α-hetero) is 1. The first-order valence-electron chi connectivity index (χ1n) is 17.7. The number of rotatable bonds is 8. The van der Waals surface area contributed by atoms with E-state index in [4.69, 9.17) is 4.98 Å². The molecule has 0 atom stereocenters. The molecule has 0 amide bonds. The fraction of sp³-hybridized carbons (Fsp3) is 0.267. The van der Waals surface area contributed by atoms with Gasteiger partial charge in [-0.1, -0.05) is 132 Å². The van der Waals surface area contributed by atoms with E-state index in [-0.39, 0.29) is 5.78 Å². The van der Waals surface area contributed by atoms with Crippen molar-refractivity contribution in [2.45, 2.75) is 80.1 Å². The number of thiazole rings is 2. The third-order valence-corrected chi connectivity index (χ3v) is 10.3. The van der Waals surface area contributed by atoms with Crippen LogP contribution in [-0.2, 0) is 17.6 Å². The highest BCUT2D eigenvalue weighted by molar-refractivity contribution is 7.22. The second kappa shape index (κ2) is 19.7. The van der Waals surface area contributed by atoms with Gasteiger partial charge in [0.25, 0.3) is 0 Å². The number of aromatic nitrogens is 2. The van der Waals surface area contributed by atoms with Gasteiger partial charge < -0.3 is 4.79 Å². The largest absolute Gasteiger partial charge is 0.300 e. The van der Waals surface area contributed by atoms with Crippen LogP contribution in [0.15, 0.2) is 121 Å². The van der Waals surface area contributed by atoms with Gasteiger partial charge in [0.1, 0.15) is 15.8 Å². The molecule has 0 aliphatic heterocycles. The number of nitrogens with zero attached hydrogens (tertiary/aromatic N) is 2. The second-order valence-electron chi connectivity index (χ2n) is 12.3. The van der Waals surface area contributed by atoms with Crippen molar-refractivity contribution < 1.29 is 4.79 Å². The van der Waals surface area contributed by atoms with Gasteiger partial charge in [-0.05, 0) is 85.5 Å². The standard InChI is InChI=1S/2C16H15NS.C11H14O.C2H6/c1-11(2)12-7-9-13(10-8-12)16-17-14-5-3-4-6-15(14)18-16;1-3-12-5-7-13(8-6-12)16-17-14-9-4-11(2)10-15(14)18-16;1-10(12)6-5-9-11-7-3-2-4-8-11;1-2/h3-11H,1-2H3;4-10H,3H2,1-2H3;2-4,7-8H,5-6,9H2,1H3;1-2H3. The summed E-state index contributed by atoms with van der Waals surface area (Å²) < 4.78 is 2.52. The molecule has 0 saturated heterocycles. The van der Waals surface area contributed by atoms with Gasteiger partial charge in [-0.15, -0.1) is 22.7 Å². The molecule has 2 heterocycles. The zero-order valence-corrected chi connectivity index (χ0v) is 32.2. The maximum absolute atomic E-state index is 10.6. The summed E-state index contributed by atoms with van der Waals surface area (Å²) in [6.45, 7) is 14.4. The smallest absolute Gasteiger partial charge is 0.129 e. The first kappa shape index (κ1) is 38.4. The Balaban J connectivity index is 0.000000168. The van der Waals surface area contributed by atoms with Crippen molar-refractivity contribution in [3.05, 3.63) is 144 Å². The molecular formula is C45H50N2OS2. The number of fused-ring (bicyclic) bond motifs is 2. The van der Waals surface area contributed by atoms with E-state index in [0.717, 1.165) is 40.3 Å². The zero-order valence-electron chi connectivity index (χ0n) is 30.6. The molecule has 3 nitrogen and oxygen atoms in total. The van der Waals surface area contributed by atoms with Gasteiger partial charge >= 0.3 is 0 Å². The molecule has 258 valence electrons. The van der Waals surface area contributed by atoms with E-state index in [9.17, 15) is 4.79 Å². The Morgan fingerprint density at radius 3 is 1.80 bits per heavy atom. The average molecular weight is 699 g/mol. The highest BCUT2D eigenvalue weighted by Crippen LogP contribution is 2.32. The number of hydrogen-bond donors (Lipinski definition) is 0. The molecule has 2 aromatic heterocycles. The average Bonchev–Trinajstić information content (AvgIpc) is 3.78. The summed E-state index contributed by atoms with van der Waals surface area (Å²) >= 11 is 3.52. The molecule has 5 heteroatoms. The van der Waals surface area contributed by atoms with Crippen molar-refractivity contribution in [3.63, 3.8) is 0 Å². The molecule has 5 aromatic carbocycles. The van der Waals surface area contributed by atoms with Crippen LogP contribution < -0.4 is 0 Å². The summed E-state index contributed by atoms with van der Waals surface area (Å²) in [5.74, 6) is 0.861. The van der Waals surface area contributed by atoms with Crippen molar-refractivity contribution in [2.75, 3.05) is 0 Å². The minimum Gasteiger partial charge on any atom is -0.300 e. The van der Waals surface area contributed by atoms with E-state index in [0.29, 0.717) is 12.3 Å². The Kier molecular flexibility index (Phi) is 15.1. The highest BCUT2D eigenvalue weighted by atomic mass is 32.1. The molecule has 0 fully saturated rings. The Bertz CT molecular complexity index is 2010. The molecule has 7 aromatic rings. The van der Waals surface area contributed by atoms with Crippen LogP contribution >= 0.6 is 22.7 Å². The second-order valence-corrected chi connectivity index (χ2v) is 14.4. The van der Waals surface area contributed by atoms with Gasteiger partial charge in [-0.2, -0.15) is 0 Å². The zero-order chi connectivity index (χ0) is 35.9. The molecule has 0 bridgehead atoms. The summed E-state index contributed by atoms with van der Waals surface area (Å²) in [6, 6.07) is 42.4. The minimum atomic E-state index is 0.283. The van der Waals surface area contributed by atoms with Crippen LogP contribution in [0.4, 0.5) is 0 Å². The van der Waals surface area contributed by atoms with Crippen LogP contribution in [0.5, 0.6) is 0 Å². The van der Waals surface area contributed by atoms with Crippen molar-refractivity contribution in [1.29, 1.82) is 0 Å². The molecule has 0 unspecified atom stereocenters. The van der Waals surface area contributed by atoms with E-state index in [1.54, 1.807) is 29.6 Å². The van der Waals surface area contributed by atoms with Gasteiger partial charge in [0.2, 0.25) is 0 Å². The van der Waals surface area contributed by atoms with Crippen LogP contribution in [0.3, 0.4) is 0 Å². The Hall–Kier alpha value is -4.45. The molecule has 0 spiro atoms. The summed E-state index contributed by atoms with van der Waals surface area (Å²) in [5, 5.41) is 2.21. The van der Waals surface area contributed by atoms with Crippen molar-refractivity contribution in [3.8, 4) is 21.1 Å². The topological polar surface area (TPSA) is 42.9 Å². The number of para-hydroxylation sites is 1. The lowest BCUT2D eigenvalue weighted by atomic mass is 10.0. The van der Waals surface area contributed by atoms with Gasteiger partial charge in [-0.3, -0.25) is 0 Å². The van der Waals surface area contributed by atoms with Crippen molar-refractivity contribution >= 4 is 48.9 Å². The van der Waals surface area contributed by atoms with Crippen LogP contribution in [0.1, 0.15) is 82.6 Å². The third kappa shape index (κ3) is 11.3. The van der Waals surface area contributed by atoms with E-state index >= 15 is 0 Å². The van der Waals surface area contributed by atoms with Crippen molar-refractivity contribution in [1.82, 2.24) is 9.97 Å². The SMILES string of the molecule is CC.CC(=O)CCCc1ccccc1.CC(C)c1ccc(-c2nc3ccccc3s2)cc1.CCc1ccc(-c2nc3ccc(C)cc3s2)cc1. The number of benzene rings is 5. The molecule has 50 heavy (non-hydrogen) atoms. The van der Waals surface area contributed by atoms with E-state index in [1.165, 1.54) is 42.8 Å². The molecule has 0 aliphatic carbocycles. The monoisotopic (exact) mass is 698 g/mol. The number of aryl methyl sites for hydroxylation is 3. The minimum absolute atomic E-state index is 0.283. The Labute approximate surface area is 307 Å². The molecule has 0 N–H and O–H groups in total. The molecule has 0 aliphatic rings. The first-order valence-corrected chi connectivity index (χ1v) is 19.4. The summed E-state index contributed by atoms with van der Waals surface area (Å²) in [6.07, 6.45) is 3.77. The fourth-order valence-corrected chi connectivity index (χ4v) is 7.27. The normalized spacial score (nSPS) is 10.5. The molecular weight excluding hydrogens is 649 g/mol. The number of carbonyl (C=O) groups excluding carboxylic acids is 1. The lowest BCUT2D eigenvalue weighted by molar-refractivity contribution is -0.117. The highest BCUT2D eigenvalue weighted by Gasteiger charge is 2.07. The van der Waals surface area contributed by atoms with E-state index < -0.39 is 0 Å². The van der Waals surface area contributed by atoms with Gasteiger partial charge in [0.05, 0.1) is 20.4 Å². The Morgan fingerprint density at radius 2 is 1.22 bits per heavy atom. The van der Waals surface area contributed by atoms with E-state index in [2.05, 4.69) is 130 Å². The van der Waals surface area contributed by atoms with Gasteiger partial charge in [0, 0.05) is 17.5 Å². The van der Waals surface area contributed by atoms with Crippen molar-refractivity contribution in [2.24, 2.45) is 0 Å². The number of carbonyl (C=O) groups is 1. The quantitative estimate of drug-likeness (QED) is 0.159. The third-order valence-electron chi connectivity index (χ3n) is 8.11. The predicted molar refractivity (Wildman–Crippen MR) is 220 cm³/mol. The predicted octanol–water partition coefficient (Wildman–Crippen LogP) is 13.5. The Morgan fingerprint density at radius 1 is 0.660 bits per heavy atom.